The van der Waals surface area contributed by atoms with Gasteiger partial charge in [-0.15, -0.1) is 0 Å². The van der Waals surface area contributed by atoms with E-state index >= 15 is 0 Å². The molecule has 0 unspecified atom stereocenters. The van der Waals surface area contributed by atoms with Gasteiger partial charge in [0.15, 0.2) is 0 Å². The van der Waals surface area contributed by atoms with E-state index in [9.17, 15) is 9.90 Å². The fourth-order valence-electron chi connectivity index (χ4n) is 2.13. The lowest BCUT2D eigenvalue weighted by atomic mass is 9.97. The van der Waals surface area contributed by atoms with Crippen molar-refractivity contribution in [1.29, 1.82) is 0 Å². The zero-order valence-electron chi connectivity index (χ0n) is 10.2. The smallest absolute Gasteiger partial charge is 0.407 e. The van der Waals surface area contributed by atoms with Gasteiger partial charge in [-0.2, -0.15) is 0 Å². The van der Waals surface area contributed by atoms with Crippen molar-refractivity contribution in [3.63, 3.8) is 0 Å². The maximum absolute atomic E-state index is 11.2. The molecule has 1 fully saturated rings. The molecule has 1 amide bonds. The zero-order valence-corrected chi connectivity index (χ0v) is 10.2. The van der Waals surface area contributed by atoms with Crippen LogP contribution in [0.2, 0.25) is 0 Å². The summed E-state index contributed by atoms with van der Waals surface area (Å²) in [5.41, 5.74) is -0.394. The molecule has 1 rings (SSSR count). The van der Waals surface area contributed by atoms with E-state index in [2.05, 4.69) is 5.32 Å². The Balaban J connectivity index is 2.65. The van der Waals surface area contributed by atoms with Crippen LogP contribution in [0, 0.1) is 5.92 Å². The molecule has 0 bridgehead atoms. The quantitative estimate of drug-likeness (QED) is 0.668. The largest absolute Gasteiger partial charge is 0.465 e. The molecule has 0 aromatic heterocycles. The van der Waals surface area contributed by atoms with Crippen molar-refractivity contribution in [3.8, 4) is 0 Å². The molecule has 0 aromatic carbocycles. The summed E-state index contributed by atoms with van der Waals surface area (Å²) in [7, 11) is 0. The first-order chi connectivity index (χ1) is 7.36. The topological polar surface area (TPSA) is 72.8 Å². The van der Waals surface area contributed by atoms with Crippen LogP contribution in [0.4, 0.5) is 4.79 Å². The van der Waals surface area contributed by atoms with Crippen LogP contribution in [0.5, 0.6) is 0 Å². The normalized spacial score (nSPS) is 25.8. The molecule has 0 radical (unpaired) electrons. The standard InChI is InChI=1S/C11H22N2O3/c1-11(2,3)13(10(15)16)6-8-4-5-12-9(8)7-14/h8-9,12,14H,4-7H2,1-3H3,(H,15,16)/t8-,9+/m0/s1. The monoisotopic (exact) mass is 230 g/mol. The highest BCUT2D eigenvalue weighted by Crippen LogP contribution is 2.22. The molecule has 1 aliphatic rings. The molecule has 94 valence electrons. The number of carbonyl (C=O) groups is 1. The summed E-state index contributed by atoms with van der Waals surface area (Å²) in [6, 6.07) is 0.0317. The van der Waals surface area contributed by atoms with Crippen molar-refractivity contribution in [2.75, 3.05) is 19.7 Å². The third-order valence-corrected chi connectivity index (χ3v) is 3.15. The van der Waals surface area contributed by atoms with Crippen LogP contribution in [-0.2, 0) is 0 Å². The molecule has 16 heavy (non-hydrogen) atoms. The van der Waals surface area contributed by atoms with Gasteiger partial charge < -0.3 is 20.4 Å². The lowest BCUT2D eigenvalue weighted by molar-refractivity contribution is 0.0827. The maximum Gasteiger partial charge on any atom is 0.407 e. The molecule has 1 aliphatic heterocycles. The number of nitrogens with zero attached hydrogens (tertiary/aromatic N) is 1. The predicted octanol–water partition coefficient (Wildman–Crippen LogP) is 0.735. The van der Waals surface area contributed by atoms with E-state index in [-0.39, 0.29) is 18.6 Å². The summed E-state index contributed by atoms with van der Waals surface area (Å²) in [5, 5.41) is 21.5. The van der Waals surface area contributed by atoms with E-state index in [0.29, 0.717) is 6.54 Å². The SMILES string of the molecule is CC(C)(C)N(C[C@@H]1CCN[C@@H]1CO)C(=O)O. The van der Waals surface area contributed by atoms with Crippen LogP contribution >= 0.6 is 0 Å². The number of nitrogens with one attached hydrogen (secondary N) is 1. The Labute approximate surface area is 96.4 Å². The molecule has 5 heteroatoms. The Hall–Kier alpha value is -0.810. The lowest BCUT2D eigenvalue weighted by Gasteiger charge is -2.36. The van der Waals surface area contributed by atoms with Crippen molar-refractivity contribution >= 4 is 6.09 Å². The molecule has 2 atom stereocenters. The highest BCUT2D eigenvalue weighted by molar-refractivity contribution is 5.66. The van der Waals surface area contributed by atoms with Gasteiger partial charge in [-0.1, -0.05) is 0 Å². The Kier molecular flexibility index (Phi) is 4.15. The molecule has 0 saturated carbocycles. The summed E-state index contributed by atoms with van der Waals surface area (Å²) in [4.78, 5) is 12.6. The molecule has 0 spiro atoms. The van der Waals surface area contributed by atoms with E-state index in [1.807, 2.05) is 20.8 Å². The van der Waals surface area contributed by atoms with Crippen LogP contribution < -0.4 is 5.32 Å². The first-order valence-corrected chi connectivity index (χ1v) is 5.71. The minimum absolute atomic E-state index is 0.0317. The Bertz CT molecular complexity index is 250. The molecule has 5 nitrogen and oxygen atoms in total. The van der Waals surface area contributed by atoms with Gasteiger partial charge in [-0.25, -0.2) is 4.79 Å². The van der Waals surface area contributed by atoms with Crippen LogP contribution in [0.15, 0.2) is 0 Å². The number of aliphatic hydroxyl groups is 1. The second-order valence-electron chi connectivity index (χ2n) is 5.36. The summed E-state index contributed by atoms with van der Waals surface area (Å²) >= 11 is 0. The minimum Gasteiger partial charge on any atom is -0.465 e. The third-order valence-electron chi connectivity index (χ3n) is 3.15. The van der Waals surface area contributed by atoms with Crippen molar-refractivity contribution < 1.29 is 15.0 Å². The number of aliphatic hydroxyl groups excluding tert-OH is 1. The van der Waals surface area contributed by atoms with E-state index in [1.54, 1.807) is 0 Å². The lowest BCUT2D eigenvalue weighted by Crippen LogP contribution is -2.49. The highest BCUT2D eigenvalue weighted by Gasteiger charge is 2.33. The highest BCUT2D eigenvalue weighted by atomic mass is 16.4. The molecule has 3 N–H and O–H groups in total. The number of hydrogen-bond donors (Lipinski definition) is 3. The van der Waals surface area contributed by atoms with Gasteiger partial charge in [0.1, 0.15) is 0 Å². The van der Waals surface area contributed by atoms with Crippen molar-refractivity contribution in [3.05, 3.63) is 0 Å². The minimum atomic E-state index is -0.893. The maximum atomic E-state index is 11.2. The number of carboxylic acid groups (broad SMARTS) is 1. The average molecular weight is 230 g/mol. The first kappa shape index (κ1) is 13.3. The summed E-state index contributed by atoms with van der Waals surface area (Å²) in [6.07, 6.45) is 0.0292. The molecular formula is C11H22N2O3. The predicted molar refractivity (Wildman–Crippen MR) is 61.5 cm³/mol. The number of hydrogen-bond acceptors (Lipinski definition) is 3. The van der Waals surface area contributed by atoms with Crippen LogP contribution in [0.25, 0.3) is 0 Å². The Morgan fingerprint density at radius 1 is 1.50 bits per heavy atom. The summed E-state index contributed by atoms with van der Waals surface area (Å²) < 4.78 is 0. The fraction of sp³-hybridized carbons (Fsp3) is 0.909. The average Bonchev–Trinajstić information content (AvgIpc) is 2.58. The van der Waals surface area contributed by atoms with Crippen molar-refractivity contribution in [2.45, 2.75) is 38.8 Å². The van der Waals surface area contributed by atoms with Gasteiger partial charge >= 0.3 is 6.09 Å². The third kappa shape index (κ3) is 3.09. The fourth-order valence-corrected chi connectivity index (χ4v) is 2.13. The van der Waals surface area contributed by atoms with Gasteiger partial charge in [0.05, 0.1) is 6.61 Å². The van der Waals surface area contributed by atoms with Gasteiger partial charge in [0, 0.05) is 18.1 Å². The van der Waals surface area contributed by atoms with Gasteiger partial charge in [-0.05, 0) is 39.7 Å². The molecule has 0 aromatic rings. The molecule has 0 aliphatic carbocycles. The summed E-state index contributed by atoms with van der Waals surface area (Å²) in [6.45, 7) is 7.07. The Morgan fingerprint density at radius 2 is 2.12 bits per heavy atom. The number of amides is 1. The van der Waals surface area contributed by atoms with E-state index < -0.39 is 11.6 Å². The van der Waals surface area contributed by atoms with Crippen molar-refractivity contribution in [2.24, 2.45) is 5.92 Å². The second kappa shape index (κ2) is 5.01. The first-order valence-electron chi connectivity index (χ1n) is 5.71. The molecule has 1 heterocycles. The van der Waals surface area contributed by atoms with E-state index in [4.69, 9.17) is 5.11 Å². The van der Waals surface area contributed by atoms with Gasteiger partial charge in [-0.3, -0.25) is 0 Å². The van der Waals surface area contributed by atoms with Crippen LogP contribution in [0.1, 0.15) is 27.2 Å². The molecular weight excluding hydrogens is 208 g/mol. The molecule has 1 saturated heterocycles. The van der Waals surface area contributed by atoms with Crippen LogP contribution in [0.3, 0.4) is 0 Å². The van der Waals surface area contributed by atoms with E-state index in [0.717, 1.165) is 13.0 Å². The summed E-state index contributed by atoms with van der Waals surface area (Å²) in [5.74, 6) is 0.209. The van der Waals surface area contributed by atoms with Crippen LogP contribution in [-0.4, -0.2) is 52.5 Å². The zero-order chi connectivity index (χ0) is 12.3. The van der Waals surface area contributed by atoms with Crippen molar-refractivity contribution in [1.82, 2.24) is 10.2 Å². The van der Waals surface area contributed by atoms with Gasteiger partial charge in [0.2, 0.25) is 0 Å². The Morgan fingerprint density at radius 3 is 2.56 bits per heavy atom. The van der Waals surface area contributed by atoms with Gasteiger partial charge in [0.25, 0.3) is 0 Å². The van der Waals surface area contributed by atoms with E-state index in [1.165, 1.54) is 4.90 Å². The number of rotatable bonds is 3. The second-order valence-corrected chi connectivity index (χ2v) is 5.36.